The van der Waals surface area contributed by atoms with E-state index in [0.29, 0.717) is 29.6 Å². The third-order valence-electron chi connectivity index (χ3n) is 6.19. The van der Waals surface area contributed by atoms with Crippen molar-refractivity contribution >= 4 is 40.7 Å². The van der Waals surface area contributed by atoms with Gasteiger partial charge in [-0.3, -0.25) is 14.2 Å². The second-order valence-electron chi connectivity index (χ2n) is 8.35. The minimum Gasteiger partial charge on any atom is -0.456 e. The van der Waals surface area contributed by atoms with Crippen LogP contribution in [-0.4, -0.2) is 61.3 Å². The van der Waals surface area contributed by atoms with E-state index in [1.807, 2.05) is 0 Å². The fourth-order valence-electron chi connectivity index (χ4n) is 4.61. The monoisotopic (exact) mass is 500 g/mol. The van der Waals surface area contributed by atoms with E-state index in [9.17, 15) is 14.4 Å². The lowest BCUT2D eigenvalue weighted by atomic mass is 9.72. The van der Waals surface area contributed by atoms with Gasteiger partial charge in [0.1, 0.15) is 23.5 Å². The van der Waals surface area contributed by atoms with Gasteiger partial charge in [-0.15, -0.1) is 0 Å². The maximum atomic E-state index is 12.8. The third-order valence-corrected chi connectivity index (χ3v) is 6.46. The maximum absolute atomic E-state index is 12.8. The summed E-state index contributed by atoms with van der Waals surface area (Å²) in [5, 5.41) is 0.139. The molecule has 0 bridgehead atoms. The lowest BCUT2D eigenvalue weighted by molar-refractivity contribution is -0.221. The number of fused-ring (bicyclic) bond motifs is 1. The van der Waals surface area contributed by atoms with Crippen LogP contribution in [0.4, 0.5) is 0 Å². The number of carbonyl (C=O) groups excluding carboxylic acids is 3. The van der Waals surface area contributed by atoms with E-state index in [2.05, 4.69) is 15.0 Å². The largest absolute Gasteiger partial charge is 0.456 e. The number of aromatic nitrogens is 4. The first-order chi connectivity index (χ1) is 16.8. The molecule has 5 atom stereocenters. The number of benzene rings is 1. The van der Waals surface area contributed by atoms with Crippen molar-refractivity contribution in [3.05, 3.63) is 53.7 Å². The Labute approximate surface area is 204 Å². The molecule has 2 aromatic heterocycles. The zero-order chi connectivity index (χ0) is 24.7. The third kappa shape index (κ3) is 4.00. The molecule has 182 valence electrons. The first kappa shape index (κ1) is 23.2. The van der Waals surface area contributed by atoms with Crippen LogP contribution < -0.4 is 0 Å². The molecule has 3 aromatic rings. The molecule has 5 rings (SSSR count). The number of hydrogen-bond acceptors (Lipinski definition) is 10. The topological polar surface area (TPSA) is 132 Å². The Morgan fingerprint density at radius 3 is 2.46 bits per heavy atom. The van der Waals surface area contributed by atoms with E-state index >= 15 is 0 Å². The number of imidazole rings is 1. The Bertz CT molecular complexity index is 1300. The highest BCUT2D eigenvalue weighted by Gasteiger charge is 2.68. The number of carbonyl (C=O) groups is 3. The molecule has 11 nitrogen and oxygen atoms in total. The average Bonchev–Trinajstić information content (AvgIpc) is 3.38. The van der Waals surface area contributed by atoms with Gasteiger partial charge < -0.3 is 18.9 Å². The zero-order valence-corrected chi connectivity index (χ0v) is 19.5. The summed E-state index contributed by atoms with van der Waals surface area (Å²) < 4.78 is 25.0. The van der Waals surface area contributed by atoms with E-state index < -0.39 is 48.0 Å². The highest BCUT2D eigenvalue weighted by Crippen LogP contribution is 2.53. The van der Waals surface area contributed by atoms with Crippen LogP contribution in [0.3, 0.4) is 0 Å². The van der Waals surface area contributed by atoms with Gasteiger partial charge in [0, 0.05) is 13.8 Å². The van der Waals surface area contributed by atoms with Crippen LogP contribution in [0.5, 0.6) is 0 Å². The number of nitrogens with zero attached hydrogens (tertiary/aromatic N) is 4. The van der Waals surface area contributed by atoms with Crippen molar-refractivity contribution < 1.29 is 33.3 Å². The van der Waals surface area contributed by atoms with Crippen molar-refractivity contribution in [2.75, 3.05) is 0 Å². The van der Waals surface area contributed by atoms with Crippen molar-refractivity contribution in [2.24, 2.45) is 0 Å². The van der Waals surface area contributed by atoms with Gasteiger partial charge in [0.25, 0.3) is 0 Å². The molecule has 1 spiro atoms. The summed E-state index contributed by atoms with van der Waals surface area (Å²) in [5.41, 5.74) is -0.210. The quantitative estimate of drug-likeness (QED) is 0.292. The summed E-state index contributed by atoms with van der Waals surface area (Å²) in [6.07, 6.45) is -0.297. The molecule has 1 aliphatic carbocycles. The van der Waals surface area contributed by atoms with E-state index in [4.69, 9.17) is 30.5 Å². The van der Waals surface area contributed by atoms with Crippen LogP contribution in [-0.2, 0) is 28.5 Å². The minimum absolute atomic E-state index is 0.139. The van der Waals surface area contributed by atoms with Crippen LogP contribution in [0.1, 0.15) is 43.3 Å². The van der Waals surface area contributed by atoms with Crippen molar-refractivity contribution in [3.63, 3.8) is 0 Å². The standard InChI is InChI=1S/C23H21ClN4O7/c1-12(29)32-17-18(33-13(2)30)23(9-8-15(23)34-22(31)14-6-4-3-5-7-14)35-21(17)28-11-27-16-19(24)25-10-26-20(16)28/h3-7,10-11,15,17-18,21H,8-9H2,1-2H3/t15-,17+,18?,21-,23-/m1/s1. The molecule has 2 fully saturated rings. The van der Waals surface area contributed by atoms with Gasteiger partial charge in [-0.1, -0.05) is 29.8 Å². The van der Waals surface area contributed by atoms with Crippen LogP contribution in [0.25, 0.3) is 11.2 Å². The Kier molecular flexibility index (Phi) is 5.89. The van der Waals surface area contributed by atoms with Crippen molar-refractivity contribution in [3.8, 4) is 0 Å². The molecule has 3 heterocycles. The lowest BCUT2D eigenvalue weighted by Gasteiger charge is -2.47. The molecule has 1 unspecified atom stereocenters. The molecule has 12 heteroatoms. The summed E-state index contributed by atoms with van der Waals surface area (Å²) in [6.45, 7) is 2.49. The number of esters is 3. The van der Waals surface area contributed by atoms with Gasteiger partial charge >= 0.3 is 17.9 Å². The van der Waals surface area contributed by atoms with E-state index in [0.717, 1.165) is 0 Å². The maximum Gasteiger partial charge on any atom is 0.338 e. The number of rotatable bonds is 5. The van der Waals surface area contributed by atoms with Crippen LogP contribution in [0, 0.1) is 0 Å². The molecule has 1 saturated heterocycles. The van der Waals surface area contributed by atoms with Crippen LogP contribution in [0.15, 0.2) is 43.0 Å². The zero-order valence-electron chi connectivity index (χ0n) is 18.8. The first-order valence-electron chi connectivity index (χ1n) is 10.9. The Morgan fingerprint density at radius 2 is 1.80 bits per heavy atom. The Morgan fingerprint density at radius 1 is 1.06 bits per heavy atom. The van der Waals surface area contributed by atoms with Crippen LogP contribution >= 0.6 is 11.6 Å². The van der Waals surface area contributed by atoms with Gasteiger partial charge in [0.05, 0.1) is 11.9 Å². The molecule has 1 saturated carbocycles. The molecule has 0 N–H and O–H groups in total. The van der Waals surface area contributed by atoms with Gasteiger partial charge in [0.15, 0.2) is 29.2 Å². The highest BCUT2D eigenvalue weighted by molar-refractivity contribution is 6.33. The molecule has 2 aliphatic rings. The Hall–Kier alpha value is -3.57. The normalized spacial score (nSPS) is 27.4. The average molecular weight is 501 g/mol. The smallest absolute Gasteiger partial charge is 0.338 e. The first-order valence-corrected chi connectivity index (χ1v) is 11.3. The molecular weight excluding hydrogens is 480 g/mol. The van der Waals surface area contributed by atoms with Crippen molar-refractivity contribution in [1.29, 1.82) is 0 Å². The number of ether oxygens (including phenoxy) is 4. The lowest BCUT2D eigenvalue weighted by Crippen LogP contribution is -2.62. The Balaban J connectivity index is 1.54. The molecule has 1 aromatic carbocycles. The summed E-state index contributed by atoms with van der Waals surface area (Å²) in [6, 6.07) is 8.52. The second kappa shape index (κ2) is 8.90. The molecule has 0 radical (unpaired) electrons. The van der Waals surface area contributed by atoms with E-state index in [1.54, 1.807) is 30.3 Å². The number of hydrogen-bond donors (Lipinski definition) is 0. The molecular formula is C23H21ClN4O7. The number of halogens is 1. The molecule has 1 aliphatic heterocycles. The van der Waals surface area contributed by atoms with E-state index in [-0.39, 0.29) is 5.15 Å². The highest BCUT2D eigenvalue weighted by atomic mass is 35.5. The van der Waals surface area contributed by atoms with Gasteiger partial charge in [-0.25, -0.2) is 19.7 Å². The van der Waals surface area contributed by atoms with Crippen LogP contribution in [0.2, 0.25) is 5.15 Å². The predicted octanol–water partition coefficient (Wildman–Crippen LogP) is 2.63. The minimum atomic E-state index is -1.24. The summed E-state index contributed by atoms with van der Waals surface area (Å²) in [7, 11) is 0. The second-order valence-corrected chi connectivity index (χ2v) is 8.71. The van der Waals surface area contributed by atoms with Gasteiger partial charge in [-0.2, -0.15) is 0 Å². The summed E-state index contributed by atoms with van der Waals surface area (Å²) >= 11 is 6.15. The van der Waals surface area contributed by atoms with Gasteiger partial charge in [-0.05, 0) is 25.0 Å². The fourth-order valence-corrected chi connectivity index (χ4v) is 4.78. The fraction of sp³-hybridized carbons (Fsp3) is 0.391. The van der Waals surface area contributed by atoms with E-state index in [1.165, 1.54) is 31.1 Å². The SMILES string of the molecule is CC(=O)OC1[C@H](OC(C)=O)[C@H](n2cnc3c(Cl)ncnc32)O[C@@]12CC[C@H]2OC(=O)c1ccccc1. The predicted molar refractivity (Wildman–Crippen MR) is 119 cm³/mol. The molecule has 0 amide bonds. The summed E-state index contributed by atoms with van der Waals surface area (Å²) in [4.78, 5) is 49.3. The van der Waals surface area contributed by atoms with Crippen molar-refractivity contribution in [2.45, 2.75) is 56.8 Å². The van der Waals surface area contributed by atoms with Gasteiger partial charge in [0.2, 0.25) is 0 Å². The summed E-state index contributed by atoms with van der Waals surface area (Å²) in [5.74, 6) is -1.75. The molecule has 35 heavy (non-hydrogen) atoms. The van der Waals surface area contributed by atoms with Crippen molar-refractivity contribution in [1.82, 2.24) is 19.5 Å².